The van der Waals surface area contributed by atoms with Gasteiger partial charge in [0.15, 0.2) is 5.76 Å². The zero-order valence-electron chi connectivity index (χ0n) is 12.0. The molecular weight excluding hydrogens is 295 g/mol. The van der Waals surface area contributed by atoms with Gasteiger partial charge in [-0.1, -0.05) is 11.2 Å². The molecule has 1 aromatic heterocycles. The highest BCUT2D eigenvalue weighted by Crippen LogP contribution is 2.34. The molecule has 1 N–H and O–H groups in total. The van der Waals surface area contributed by atoms with Crippen molar-refractivity contribution in [3.8, 4) is 0 Å². The van der Waals surface area contributed by atoms with Crippen molar-refractivity contribution in [1.29, 1.82) is 0 Å². The number of nitrogens with zero attached hydrogens (tertiary/aromatic N) is 2. The standard InChI is InChI=1S/C15H16F3N3O/c1-10-8-14(22-20-10)13-6-3-7-21(13)19-12-5-2-4-11(9-12)15(16,17)18/h2,4-5,8-9,13,19H,3,6-7H2,1H3. The van der Waals surface area contributed by atoms with Crippen LogP contribution >= 0.6 is 0 Å². The van der Waals surface area contributed by atoms with Crippen molar-refractivity contribution in [3.05, 3.63) is 47.3 Å². The van der Waals surface area contributed by atoms with Crippen molar-refractivity contribution in [2.45, 2.75) is 32.0 Å². The number of aromatic nitrogens is 1. The maximum absolute atomic E-state index is 12.8. The Kier molecular flexibility index (Phi) is 3.82. The first kappa shape index (κ1) is 14.9. The van der Waals surface area contributed by atoms with Gasteiger partial charge in [0.1, 0.15) is 0 Å². The van der Waals surface area contributed by atoms with E-state index in [-0.39, 0.29) is 6.04 Å². The molecule has 0 radical (unpaired) electrons. The molecule has 0 amide bonds. The third kappa shape index (κ3) is 3.09. The van der Waals surface area contributed by atoms with E-state index in [0.29, 0.717) is 5.69 Å². The van der Waals surface area contributed by atoms with Gasteiger partial charge in [0.05, 0.1) is 17.3 Å². The highest BCUT2D eigenvalue weighted by atomic mass is 19.4. The maximum Gasteiger partial charge on any atom is 0.416 e. The Labute approximate surface area is 125 Å². The summed E-state index contributed by atoms with van der Waals surface area (Å²) in [4.78, 5) is 0. The summed E-state index contributed by atoms with van der Waals surface area (Å²) in [5, 5.41) is 5.77. The first-order chi connectivity index (χ1) is 10.4. The molecule has 2 heterocycles. The van der Waals surface area contributed by atoms with Crippen molar-refractivity contribution < 1.29 is 17.7 Å². The van der Waals surface area contributed by atoms with Crippen LogP contribution in [0.1, 0.15) is 35.9 Å². The maximum atomic E-state index is 12.8. The number of halogens is 3. The summed E-state index contributed by atoms with van der Waals surface area (Å²) in [5.74, 6) is 0.731. The number of aryl methyl sites for hydroxylation is 1. The minimum absolute atomic E-state index is 0.0178. The van der Waals surface area contributed by atoms with Crippen molar-refractivity contribution >= 4 is 5.69 Å². The van der Waals surface area contributed by atoms with E-state index in [9.17, 15) is 13.2 Å². The van der Waals surface area contributed by atoms with Crippen LogP contribution in [0.15, 0.2) is 34.9 Å². The molecule has 0 saturated carbocycles. The lowest BCUT2D eigenvalue weighted by Gasteiger charge is -2.24. The summed E-state index contributed by atoms with van der Waals surface area (Å²) in [6, 6.07) is 7.03. The van der Waals surface area contributed by atoms with Gasteiger partial charge in [-0.2, -0.15) is 13.2 Å². The summed E-state index contributed by atoms with van der Waals surface area (Å²) in [5.41, 5.74) is 3.60. The van der Waals surface area contributed by atoms with Crippen LogP contribution < -0.4 is 5.43 Å². The number of hydrogen-bond acceptors (Lipinski definition) is 4. The SMILES string of the molecule is Cc1cc(C2CCCN2Nc2cccc(C(F)(F)F)c2)on1. The molecule has 1 aliphatic rings. The Balaban J connectivity index is 1.77. The second kappa shape index (κ2) is 5.64. The lowest BCUT2D eigenvalue weighted by Crippen LogP contribution is -2.29. The first-order valence-corrected chi connectivity index (χ1v) is 7.07. The van der Waals surface area contributed by atoms with Crippen LogP contribution in [0.2, 0.25) is 0 Å². The molecule has 2 aromatic rings. The molecule has 1 saturated heterocycles. The van der Waals surface area contributed by atoms with Gasteiger partial charge in [0, 0.05) is 18.3 Å². The van der Waals surface area contributed by atoms with Crippen LogP contribution in [0.4, 0.5) is 18.9 Å². The van der Waals surface area contributed by atoms with Crippen LogP contribution in [0.3, 0.4) is 0 Å². The fourth-order valence-electron chi connectivity index (χ4n) is 2.67. The quantitative estimate of drug-likeness (QED) is 0.924. The Bertz CT molecular complexity index is 653. The lowest BCUT2D eigenvalue weighted by molar-refractivity contribution is -0.137. The minimum Gasteiger partial charge on any atom is -0.359 e. The predicted octanol–water partition coefficient (Wildman–Crippen LogP) is 4.17. The molecule has 7 heteroatoms. The van der Waals surface area contributed by atoms with Gasteiger partial charge in [0.2, 0.25) is 0 Å². The van der Waals surface area contributed by atoms with E-state index in [1.807, 2.05) is 18.0 Å². The summed E-state index contributed by atoms with van der Waals surface area (Å²) >= 11 is 0. The van der Waals surface area contributed by atoms with Crippen molar-refractivity contribution in [2.24, 2.45) is 0 Å². The number of rotatable bonds is 3. The van der Waals surface area contributed by atoms with Gasteiger partial charge in [-0.05, 0) is 38.0 Å². The second-order valence-electron chi connectivity index (χ2n) is 5.41. The van der Waals surface area contributed by atoms with E-state index in [0.717, 1.165) is 43.0 Å². The van der Waals surface area contributed by atoms with Gasteiger partial charge >= 0.3 is 6.18 Å². The zero-order valence-corrected chi connectivity index (χ0v) is 12.0. The number of nitrogens with one attached hydrogen (secondary N) is 1. The molecule has 1 fully saturated rings. The van der Waals surface area contributed by atoms with Gasteiger partial charge in [-0.25, -0.2) is 5.01 Å². The summed E-state index contributed by atoms with van der Waals surface area (Å²) in [6.45, 7) is 2.58. The van der Waals surface area contributed by atoms with E-state index in [1.54, 1.807) is 6.07 Å². The van der Waals surface area contributed by atoms with E-state index < -0.39 is 11.7 Å². The van der Waals surface area contributed by atoms with Crippen LogP contribution in [-0.4, -0.2) is 16.7 Å². The third-order valence-electron chi connectivity index (χ3n) is 3.69. The Morgan fingerprint density at radius 2 is 2.14 bits per heavy atom. The van der Waals surface area contributed by atoms with E-state index in [1.165, 1.54) is 6.07 Å². The molecule has 0 bridgehead atoms. The number of benzene rings is 1. The first-order valence-electron chi connectivity index (χ1n) is 7.07. The van der Waals surface area contributed by atoms with E-state index in [2.05, 4.69) is 10.6 Å². The molecule has 1 unspecified atom stereocenters. The van der Waals surface area contributed by atoms with Gasteiger partial charge in [0.25, 0.3) is 0 Å². The largest absolute Gasteiger partial charge is 0.416 e. The fourth-order valence-corrected chi connectivity index (χ4v) is 2.67. The molecule has 22 heavy (non-hydrogen) atoms. The molecule has 1 aromatic carbocycles. The smallest absolute Gasteiger partial charge is 0.359 e. The fraction of sp³-hybridized carbons (Fsp3) is 0.400. The Hall–Kier alpha value is -2.02. The van der Waals surface area contributed by atoms with Crippen LogP contribution in [0, 0.1) is 6.92 Å². The number of hydrogen-bond donors (Lipinski definition) is 1. The van der Waals surface area contributed by atoms with Crippen molar-refractivity contribution in [1.82, 2.24) is 10.2 Å². The Morgan fingerprint density at radius 3 is 2.82 bits per heavy atom. The summed E-state index contributed by atoms with van der Waals surface area (Å²) < 4.78 is 43.6. The highest BCUT2D eigenvalue weighted by Gasteiger charge is 2.32. The zero-order chi connectivity index (χ0) is 15.7. The second-order valence-corrected chi connectivity index (χ2v) is 5.41. The summed E-state index contributed by atoms with van der Waals surface area (Å²) in [6.07, 6.45) is -2.53. The number of hydrazine groups is 1. The van der Waals surface area contributed by atoms with Crippen LogP contribution in [0.5, 0.6) is 0 Å². The lowest BCUT2D eigenvalue weighted by atomic mass is 10.1. The normalized spacial score (nSPS) is 19.5. The molecule has 4 nitrogen and oxygen atoms in total. The molecular formula is C15H16F3N3O. The number of alkyl halides is 3. The molecule has 1 aliphatic heterocycles. The monoisotopic (exact) mass is 311 g/mol. The van der Waals surface area contributed by atoms with Crippen molar-refractivity contribution in [3.63, 3.8) is 0 Å². The number of anilines is 1. The predicted molar refractivity (Wildman–Crippen MR) is 75.0 cm³/mol. The van der Waals surface area contributed by atoms with Crippen LogP contribution in [-0.2, 0) is 6.18 Å². The summed E-state index contributed by atoms with van der Waals surface area (Å²) in [7, 11) is 0. The topological polar surface area (TPSA) is 41.3 Å². The average Bonchev–Trinajstić information content (AvgIpc) is 3.07. The van der Waals surface area contributed by atoms with Gasteiger partial charge in [-0.15, -0.1) is 0 Å². The minimum atomic E-state index is -4.34. The van der Waals surface area contributed by atoms with Gasteiger partial charge < -0.3 is 9.95 Å². The average molecular weight is 311 g/mol. The highest BCUT2D eigenvalue weighted by molar-refractivity contribution is 5.46. The van der Waals surface area contributed by atoms with E-state index in [4.69, 9.17) is 4.52 Å². The molecule has 3 rings (SSSR count). The molecule has 0 spiro atoms. The van der Waals surface area contributed by atoms with Crippen molar-refractivity contribution in [2.75, 3.05) is 12.0 Å². The third-order valence-corrected chi connectivity index (χ3v) is 3.69. The molecule has 1 atom stereocenters. The molecule has 118 valence electrons. The van der Waals surface area contributed by atoms with Crippen LogP contribution in [0.25, 0.3) is 0 Å². The Morgan fingerprint density at radius 1 is 1.32 bits per heavy atom. The van der Waals surface area contributed by atoms with E-state index >= 15 is 0 Å². The van der Waals surface area contributed by atoms with Gasteiger partial charge in [-0.3, -0.25) is 0 Å². The molecule has 0 aliphatic carbocycles.